The molecule has 0 spiro atoms. The van der Waals surface area contributed by atoms with Crippen LogP contribution in [0.1, 0.15) is 108 Å². The number of carbonyl (C=O) groups excluding carboxylic acids is 3. The van der Waals surface area contributed by atoms with Crippen LogP contribution in [-0.2, 0) is 19.1 Å². The van der Waals surface area contributed by atoms with Crippen molar-refractivity contribution in [2.45, 2.75) is 103 Å². The Hall–Kier alpha value is -2.37. The summed E-state index contributed by atoms with van der Waals surface area (Å²) in [5.41, 5.74) is 0.779. The van der Waals surface area contributed by atoms with Gasteiger partial charge in [-0.05, 0) is 24.8 Å². The first-order chi connectivity index (χ1) is 16.1. The molecular weight excluding hydrogens is 416 g/mol. The zero-order valence-electron chi connectivity index (χ0n) is 20.7. The number of amides is 2. The monoisotopic (exact) mass is 460 g/mol. The Morgan fingerprint density at radius 3 is 2.00 bits per heavy atom. The molecule has 1 atom stereocenters. The van der Waals surface area contributed by atoms with Crippen molar-refractivity contribution >= 4 is 17.8 Å². The van der Waals surface area contributed by atoms with Gasteiger partial charge in [-0.1, -0.05) is 95.0 Å². The first kappa shape index (κ1) is 28.7. The van der Waals surface area contributed by atoms with Gasteiger partial charge in [-0.25, -0.2) is 0 Å². The van der Waals surface area contributed by atoms with Gasteiger partial charge in [-0.3, -0.25) is 14.4 Å². The highest BCUT2D eigenvalue weighted by molar-refractivity contribution is 5.88. The van der Waals surface area contributed by atoms with Crippen molar-refractivity contribution in [2.75, 3.05) is 13.7 Å². The molecule has 0 fully saturated rings. The van der Waals surface area contributed by atoms with Gasteiger partial charge in [0.2, 0.25) is 11.8 Å². The van der Waals surface area contributed by atoms with Gasteiger partial charge >= 0.3 is 5.97 Å². The van der Waals surface area contributed by atoms with Crippen LogP contribution in [0.25, 0.3) is 0 Å². The molecule has 6 heteroatoms. The molecular formula is C27H44N2O4. The Morgan fingerprint density at radius 1 is 0.788 bits per heavy atom. The lowest BCUT2D eigenvalue weighted by atomic mass is 10.0. The Labute approximate surface area is 200 Å². The number of unbranched alkanes of at least 4 members (excludes halogenated alkanes) is 10. The Kier molecular flexibility index (Phi) is 16.6. The number of hydrogen-bond acceptors (Lipinski definition) is 4. The van der Waals surface area contributed by atoms with Crippen molar-refractivity contribution in [3.05, 3.63) is 35.9 Å². The lowest BCUT2D eigenvalue weighted by molar-refractivity contribution is -0.140. The molecule has 1 aromatic carbocycles. The standard InChI is InChI=1S/C27H44N2O4/c1-3-4-5-6-7-8-9-10-15-20-24(30)29-26(23-18-13-11-14-19-23)27(32)28-22-17-12-16-21-25(31)33-2/h11,13-14,18-19,26H,3-10,12,15-17,20-22H2,1-2H3,(H,28,32)(H,29,30)/t26-/m1/s1. The van der Waals surface area contributed by atoms with Crippen molar-refractivity contribution < 1.29 is 19.1 Å². The van der Waals surface area contributed by atoms with Gasteiger partial charge in [0.15, 0.2) is 0 Å². The van der Waals surface area contributed by atoms with Gasteiger partial charge in [-0.2, -0.15) is 0 Å². The lowest BCUT2D eigenvalue weighted by Gasteiger charge is -2.19. The highest BCUT2D eigenvalue weighted by atomic mass is 16.5. The van der Waals surface area contributed by atoms with Crippen LogP contribution < -0.4 is 10.6 Å². The number of carbonyl (C=O) groups is 3. The zero-order valence-corrected chi connectivity index (χ0v) is 20.7. The number of esters is 1. The molecule has 0 heterocycles. The minimum Gasteiger partial charge on any atom is -0.469 e. The Morgan fingerprint density at radius 2 is 1.36 bits per heavy atom. The predicted octanol–water partition coefficient (Wildman–Crippen LogP) is 5.61. The summed E-state index contributed by atoms with van der Waals surface area (Å²) in [6, 6.07) is 8.67. The third-order valence-corrected chi connectivity index (χ3v) is 5.79. The second-order valence-corrected chi connectivity index (χ2v) is 8.67. The van der Waals surface area contributed by atoms with Crippen molar-refractivity contribution in [3.63, 3.8) is 0 Å². The average molecular weight is 461 g/mol. The van der Waals surface area contributed by atoms with E-state index in [0.29, 0.717) is 19.4 Å². The summed E-state index contributed by atoms with van der Waals surface area (Å²) in [5, 5.41) is 5.84. The van der Waals surface area contributed by atoms with Crippen LogP contribution in [0.4, 0.5) is 0 Å². The molecule has 0 aromatic heterocycles. The number of nitrogens with one attached hydrogen (secondary N) is 2. The van der Waals surface area contributed by atoms with Gasteiger partial charge < -0.3 is 15.4 Å². The molecule has 6 nitrogen and oxygen atoms in total. The SMILES string of the molecule is CCCCCCCCCCCC(=O)N[C@@H](C(=O)NCCCCCC(=O)OC)c1ccccc1. The third-order valence-electron chi connectivity index (χ3n) is 5.79. The number of rotatable bonds is 19. The summed E-state index contributed by atoms with van der Waals surface area (Å²) < 4.78 is 4.63. The summed E-state index contributed by atoms with van der Waals surface area (Å²) in [4.78, 5) is 36.4. The van der Waals surface area contributed by atoms with Crippen LogP contribution in [0.2, 0.25) is 0 Å². The molecule has 0 saturated carbocycles. The minimum atomic E-state index is -0.688. The van der Waals surface area contributed by atoms with E-state index in [-0.39, 0.29) is 17.8 Å². The van der Waals surface area contributed by atoms with E-state index < -0.39 is 6.04 Å². The number of ether oxygens (including phenoxy) is 1. The smallest absolute Gasteiger partial charge is 0.305 e. The van der Waals surface area contributed by atoms with Crippen LogP contribution in [0, 0.1) is 0 Å². The highest BCUT2D eigenvalue weighted by Gasteiger charge is 2.22. The van der Waals surface area contributed by atoms with Crippen LogP contribution in [-0.4, -0.2) is 31.4 Å². The van der Waals surface area contributed by atoms with Gasteiger partial charge in [0.25, 0.3) is 0 Å². The molecule has 0 saturated heterocycles. The second kappa shape index (κ2) is 19.1. The fourth-order valence-corrected chi connectivity index (χ4v) is 3.76. The average Bonchev–Trinajstić information content (AvgIpc) is 2.83. The van der Waals surface area contributed by atoms with E-state index in [1.54, 1.807) is 0 Å². The molecule has 186 valence electrons. The van der Waals surface area contributed by atoms with Gasteiger partial charge in [0, 0.05) is 19.4 Å². The summed E-state index contributed by atoms with van der Waals surface area (Å²) in [6.07, 6.45) is 14.0. The van der Waals surface area contributed by atoms with E-state index in [1.807, 2.05) is 30.3 Å². The molecule has 0 radical (unpaired) electrons. The van der Waals surface area contributed by atoms with E-state index >= 15 is 0 Å². The molecule has 0 aliphatic carbocycles. The maximum Gasteiger partial charge on any atom is 0.305 e. The minimum absolute atomic E-state index is 0.0833. The zero-order chi connectivity index (χ0) is 24.2. The molecule has 0 unspecified atom stereocenters. The number of hydrogen-bond donors (Lipinski definition) is 2. The van der Waals surface area contributed by atoms with E-state index in [9.17, 15) is 14.4 Å². The fraction of sp³-hybridized carbons (Fsp3) is 0.667. The van der Waals surface area contributed by atoms with Crippen molar-refractivity contribution in [3.8, 4) is 0 Å². The van der Waals surface area contributed by atoms with Crippen molar-refractivity contribution in [2.24, 2.45) is 0 Å². The van der Waals surface area contributed by atoms with E-state index in [2.05, 4.69) is 22.3 Å². The summed E-state index contributed by atoms with van der Waals surface area (Å²) in [6.45, 7) is 2.74. The molecule has 0 aliphatic rings. The quantitative estimate of drug-likeness (QED) is 0.207. The first-order valence-electron chi connectivity index (χ1n) is 12.8. The largest absolute Gasteiger partial charge is 0.469 e. The molecule has 1 rings (SSSR count). The summed E-state index contributed by atoms with van der Waals surface area (Å²) in [7, 11) is 1.39. The first-order valence-corrected chi connectivity index (χ1v) is 12.8. The normalized spacial score (nSPS) is 11.6. The molecule has 2 amide bonds. The van der Waals surface area contributed by atoms with Crippen LogP contribution in [0.15, 0.2) is 30.3 Å². The maximum absolute atomic E-state index is 12.8. The lowest BCUT2D eigenvalue weighted by Crippen LogP contribution is -2.40. The van der Waals surface area contributed by atoms with Crippen LogP contribution >= 0.6 is 0 Å². The highest BCUT2D eigenvalue weighted by Crippen LogP contribution is 2.15. The topological polar surface area (TPSA) is 84.5 Å². The van der Waals surface area contributed by atoms with Crippen LogP contribution in [0.5, 0.6) is 0 Å². The van der Waals surface area contributed by atoms with Gasteiger partial charge in [0.1, 0.15) is 6.04 Å². The van der Waals surface area contributed by atoms with E-state index in [1.165, 1.54) is 45.6 Å². The third kappa shape index (κ3) is 14.4. The Bertz CT molecular complexity index is 663. The Balaban J connectivity index is 2.34. The molecule has 2 N–H and O–H groups in total. The van der Waals surface area contributed by atoms with E-state index in [0.717, 1.165) is 44.1 Å². The van der Waals surface area contributed by atoms with Crippen molar-refractivity contribution in [1.29, 1.82) is 0 Å². The number of methoxy groups -OCH3 is 1. The maximum atomic E-state index is 12.8. The van der Waals surface area contributed by atoms with E-state index in [4.69, 9.17) is 0 Å². The summed E-state index contributed by atoms with van der Waals surface area (Å²) >= 11 is 0. The predicted molar refractivity (Wildman–Crippen MR) is 133 cm³/mol. The summed E-state index contributed by atoms with van der Waals surface area (Å²) in [5.74, 6) is -0.493. The molecule has 1 aromatic rings. The number of benzene rings is 1. The molecule has 0 aliphatic heterocycles. The van der Waals surface area contributed by atoms with Crippen LogP contribution in [0.3, 0.4) is 0 Å². The van der Waals surface area contributed by atoms with Gasteiger partial charge in [-0.15, -0.1) is 0 Å². The van der Waals surface area contributed by atoms with Crippen molar-refractivity contribution in [1.82, 2.24) is 10.6 Å². The molecule has 0 bridgehead atoms. The second-order valence-electron chi connectivity index (χ2n) is 8.67. The molecule has 33 heavy (non-hydrogen) atoms. The fourth-order valence-electron chi connectivity index (χ4n) is 3.76. The van der Waals surface area contributed by atoms with Gasteiger partial charge in [0.05, 0.1) is 7.11 Å².